The van der Waals surface area contributed by atoms with E-state index in [1.165, 1.54) is 12.8 Å². The number of ether oxygens (including phenoxy) is 1. The first-order valence-corrected chi connectivity index (χ1v) is 7.22. The fraction of sp³-hybridized carbons (Fsp3) is 0.562. The first kappa shape index (κ1) is 19.7. The Kier molecular flexibility index (Phi) is 9.06. The van der Waals surface area contributed by atoms with Crippen LogP contribution >= 0.6 is 12.4 Å². The maximum Gasteiger partial charge on any atom is 0.251 e. The van der Waals surface area contributed by atoms with E-state index in [2.05, 4.69) is 12.2 Å². The lowest BCUT2D eigenvalue weighted by Gasteiger charge is -2.18. The zero-order chi connectivity index (χ0) is 15.0. The maximum atomic E-state index is 11.9. The highest BCUT2D eigenvalue weighted by Crippen LogP contribution is 2.13. The Balaban J connectivity index is 0.00000400. The summed E-state index contributed by atoms with van der Waals surface area (Å²) in [5.74, 6) is 0.692. The number of nitrogens with two attached hydrogens (primary N) is 1. The number of carbonyl (C=O) groups is 1. The minimum absolute atomic E-state index is 0. The van der Waals surface area contributed by atoms with E-state index in [9.17, 15) is 4.79 Å². The van der Waals surface area contributed by atoms with E-state index in [1.54, 1.807) is 12.1 Å². The molecule has 0 aromatic heterocycles. The summed E-state index contributed by atoms with van der Waals surface area (Å²) in [7, 11) is 0. The third-order valence-electron chi connectivity index (χ3n) is 2.84. The quantitative estimate of drug-likeness (QED) is 0.724. The summed E-state index contributed by atoms with van der Waals surface area (Å²) < 4.78 is 5.61. The minimum atomic E-state index is -0.405. The van der Waals surface area contributed by atoms with Crippen LogP contribution in [0.1, 0.15) is 50.4 Å². The summed E-state index contributed by atoms with van der Waals surface area (Å²) in [5, 5.41) is 2.81. The van der Waals surface area contributed by atoms with Crippen molar-refractivity contribution in [2.24, 2.45) is 5.73 Å². The SMILES string of the molecule is CCCCCOc1ccc(C(=O)NCC(C)(C)N)cc1.Cl. The molecule has 120 valence electrons. The van der Waals surface area contributed by atoms with Gasteiger partial charge in [0.1, 0.15) is 5.75 Å². The number of nitrogens with one attached hydrogen (secondary N) is 1. The summed E-state index contributed by atoms with van der Waals surface area (Å²) in [6.07, 6.45) is 3.42. The smallest absolute Gasteiger partial charge is 0.251 e. The molecular weight excluding hydrogens is 288 g/mol. The van der Waals surface area contributed by atoms with Crippen molar-refractivity contribution in [3.8, 4) is 5.75 Å². The Bertz CT molecular complexity index is 413. The molecule has 0 bridgehead atoms. The molecule has 0 fully saturated rings. The van der Waals surface area contributed by atoms with Crippen LogP contribution in [-0.2, 0) is 0 Å². The zero-order valence-electron chi connectivity index (χ0n) is 13.1. The van der Waals surface area contributed by atoms with E-state index < -0.39 is 5.54 Å². The van der Waals surface area contributed by atoms with Gasteiger partial charge >= 0.3 is 0 Å². The van der Waals surface area contributed by atoms with Crippen molar-refractivity contribution < 1.29 is 9.53 Å². The normalized spacial score (nSPS) is 10.7. The molecule has 0 atom stereocenters. The first-order chi connectivity index (χ1) is 9.42. The fourth-order valence-corrected chi connectivity index (χ4v) is 1.65. The van der Waals surface area contributed by atoms with E-state index in [0.29, 0.717) is 12.1 Å². The second-order valence-corrected chi connectivity index (χ2v) is 5.75. The van der Waals surface area contributed by atoms with Crippen molar-refractivity contribution >= 4 is 18.3 Å². The average Bonchev–Trinajstić information content (AvgIpc) is 2.41. The van der Waals surface area contributed by atoms with Crippen molar-refractivity contribution in [1.29, 1.82) is 0 Å². The molecular formula is C16H27ClN2O2. The molecule has 0 saturated heterocycles. The van der Waals surface area contributed by atoms with Gasteiger partial charge in [0.25, 0.3) is 5.91 Å². The molecule has 0 aliphatic rings. The topological polar surface area (TPSA) is 64.3 Å². The monoisotopic (exact) mass is 314 g/mol. The van der Waals surface area contributed by atoms with Gasteiger partial charge in [0.15, 0.2) is 0 Å². The predicted molar refractivity (Wildman–Crippen MR) is 89.3 cm³/mol. The Labute approximate surface area is 133 Å². The minimum Gasteiger partial charge on any atom is -0.494 e. The van der Waals surface area contributed by atoms with Crippen LogP contribution in [0, 0.1) is 0 Å². The van der Waals surface area contributed by atoms with E-state index in [0.717, 1.165) is 18.8 Å². The van der Waals surface area contributed by atoms with Gasteiger partial charge in [0, 0.05) is 17.6 Å². The van der Waals surface area contributed by atoms with E-state index in [4.69, 9.17) is 10.5 Å². The molecule has 0 unspecified atom stereocenters. The Morgan fingerprint density at radius 3 is 2.38 bits per heavy atom. The van der Waals surface area contributed by atoms with Gasteiger partial charge in [-0.25, -0.2) is 0 Å². The molecule has 1 aromatic rings. The summed E-state index contributed by atoms with van der Waals surface area (Å²) in [5.41, 5.74) is 6.05. The highest BCUT2D eigenvalue weighted by Gasteiger charge is 2.13. The Hall–Kier alpha value is -1.26. The summed E-state index contributed by atoms with van der Waals surface area (Å²) in [6.45, 7) is 7.08. The molecule has 3 N–H and O–H groups in total. The van der Waals surface area contributed by atoms with Gasteiger partial charge in [-0.1, -0.05) is 19.8 Å². The number of amides is 1. The molecule has 4 nitrogen and oxygen atoms in total. The Morgan fingerprint density at radius 1 is 1.24 bits per heavy atom. The number of hydrogen-bond acceptors (Lipinski definition) is 3. The maximum absolute atomic E-state index is 11.9. The standard InChI is InChI=1S/C16H26N2O2.ClH/c1-4-5-6-11-20-14-9-7-13(8-10-14)15(19)18-12-16(2,3)17;/h7-10H,4-6,11-12,17H2,1-3H3,(H,18,19);1H. The van der Waals surface area contributed by atoms with Crippen molar-refractivity contribution in [1.82, 2.24) is 5.32 Å². The van der Waals surface area contributed by atoms with Gasteiger partial charge in [0.05, 0.1) is 6.61 Å². The van der Waals surface area contributed by atoms with E-state index >= 15 is 0 Å². The molecule has 0 spiro atoms. The van der Waals surface area contributed by atoms with Crippen LogP contribution in [0.3, 0.4) is 0 Å². The van der Waals surface area contributed by atoms with Crippen LogP contribution in [0.15, 0.2) is 24.3 Å². The summed E-state index contributed by atoms with van der Waals surface area (Å²) in [4.78, 5) is 11.9. The van der Waals surface area contributed by atoms with Gasteiger partial charge < -0.3 is 15.8 Å². The number of halogens is 1. The van der Waals surface area contributed by atoms with Crippen LogP contribution in [0.2, 0.25) is 0 Å². The molecule has 1 amide bonds. The van der Waals surface area contributed by atoms with Crippen LogP contribution in [0.4, 0.5) is 0 Å². The molecule has 5 heteroatoms. The third-order valence-corrected chi connectivity index (χ3v) is 2.84. The van der Waals surface area contributed by atoms with Crippen LogP contribution in [0.5, 0.6) is 5.75 Å². The van der Waals surface area contributed by atoms with Gasteiger partial charge in [-0.05, 0) is 44.5 Å². The molecule has 0 saturated carbocycles. The summed E-state index contributed by atoms with van der Waals surface area (Å²) in [6, 6.07) is 7.20. The highest BCUT2D eigenvalue weighted by molar-refractivity contribution is 5.94. The van der Waals surface area contributed by atoms with Crippen molar-refractivity contribution in [2.75, 3.05) is 13.2 Å². The van der Waals surface area contributed by atoms with Crippen molar-refractivity contribution in [3.63, 3.8) is 0 Å². The van der Waals surface area contributed by atoms with Crippen LogP contribution < -0.4 is 15.8 Å². The van der Waals surface area contributed by atoms with Crippen LogP contribution in [0.25, 0.3) is 0 Å². The molecule has 0 aliphatic heterocycles. The number of hydrogen-bond donors (Lipinski definition) is 2. The third kappa shape index (κ3) is 8.58. The van der Waals surface area contributed by atoms with E-state index in [1.807, 2.05) is 26.0 Å². The lowest BCUT2D eigenvalue weighted by molar-refractivity contribution is 0.0946. The van der Waals surface area contributed by atoms with Crippen molar-refractivity contribution in [3.05, 3.63) is 29.8 Å². The van der Waals surface area contributed by atoms with E-state index in [-0.39, 0.29) is 18.3 Å². The number of unbranched alkanes of at least 4 members (excludes halogenated alkanes) is 2. The second-order valence-electron chi connectivity index (χ2n) is 5.75. The predicted octanol–water partition coefficient (Wildman–Crippen LogP) is 3.14. The largest absolute Gasteiger partial charge is 0.494 e. The number of carbonyl (C=O) groups excluding carboxylic acids is 1. The molecule has 1 aromatic carbocycles. The van der Waals surface area contributed by atoms with Gasteiger partial charge in [-0.15, -0.1) is 12.4 Å². The lowest BCUT2D eigenvalue weighted by atomic mass is 10.1. The lowest BCUT2D eigenvalue weighted by Crippen LogP contribution is -2.45. The van der Waals surface area contributed by atoms with Gasteiger partial charge in [-0.2, -0.15) is 0 Å². The summed E-state index contributed by atoms with van der Waals surface area (Å²) >= 11 is 0. The van der Waals surface area contributed by atoms with Gasteiger partial charge in [-0.3, -0.25) is 4.79 Å². The first-order valence-electron chi connectivity index (χ1n) is 7.22. The zero-order valence-corrected chi connectivity index (χ0v) is 14.0. The molecule has 0 aliphatic carbocycles. The molecule has 0 heterocycles. The highest BCUT2D eigenvalue weighted by atomic mass is 35.5. The molecule has 0 radical (unpaired) electrons. The second kappa shape index (κ2) is 9.64. The fourth-order valence-electron chi connectivity index (χ4n) is 1.65. The van der Waals surface area contributed by atoms with Crippen molar-refractivity contribution in [2.45, 2.75) is 45.6 Å². The Morgan fingerprint density at radius 2 is 1.86 bits per heavy atom. The number of rotatable bonds is 8. The van der Waals surface area contributed by atoms with Gasteiger partial charge in [0.2, 0.25) is 0 Å². The average molecular weight is 315 g/mol. The molecule has 21 heavy (non-hydrogen) atoms. The molecule has 1 rings (SSSR count). The number of benzene rings is 1. The van der Waals surface area contributed by atoms with Crippen LogP contribution in [-0.4, -0.2) is 24.6 Å².